The zero-order valence-corrected chi connectivity index (χ0v) is 17.8. The second kappa shape index (κ2) is 9.63. The van der Waals surface area contributed by atoms with Crippen LogP contribution in [0.4, 0.5) is 10.9 Å². The number of nitrogens with zero attached hydrogens (tertiary/aromatic N) is 4. The van der Waals surface area contributed by atoms with Crippen molar-refractivity contribution in [2.45, 2.75) is 26.2 Å². The average Bonchev–Trinajstić information content (AvgIpc) is 3.17. The van der Waals surface area contributed by atoms with Gasteiger partial charge in [0.25, 0.3) is 0 Å². The lowest BCUT2D eigenvalue weighted by molar-refractivity contribution is -0.127. The molecule has 1 fully saturated rings. The van der Waals surface area contributed by atoms with Crippen LogP contribution in [0.3, 0.4) is 0 Å². The van der Waals surface area contributed by atoms with E-state index in [4.69, 9.17) is 0 Å². The van der Waals surface area contributed by atoms with Crippen molar-refractivity contribution >= 4 is 34.3 Å². The van der Waals surface area contributed by atoms with E-state index in [1.54, 1.807) is 23.7 Å². The van der Waals surface area contributed by atoms with Gasteiger partial charge in [-0.05, 0) is 43.7 Å². The number of hydrogen-bond acceptors (Lipinski definition) is 6. The first-order valence-electron chi connectivity index (χ1n) is 10.2. The molecule has 0 spiro atoms. The van der Waals surface area contributed by atoms with E-state index in [-0.39, 0.29) is 5.91 Å². The highest BCUT2D eigenvalue weighted by molar-refractivity contribution is 7.15. The summed E-state index contributed by atoms with van der Waals surface area (Å²) in [5.74, 6) is 1.23. The van der Waals surface area contributed by atoms with Crippen molar-refractivity contribution in [3.8, 4) is 0 Å². The lowest BCUT2D eigenvalue weighted by Crippen LogP contribution is -2.39. The Morgan fingerprint density at radius 3 is 2.93 bits per heavy atom. The number of aryl methyl sites for hydroxylation is 1. The first-order chi connectivity index (χ1) is 14.7. The Kier molecular flexibility index (Phi) is 6.49. The summed E-state index contributed by atoms with van der Waals surface area (Å²) >= 11 is 1.60. The third-order valence-electron chi connectivity index (χ3n) is 5.13. The van der Waals surface area contributed by atoms with Gasteiger partial charge in [-0.15, -0.1) is 11.3 Å². The third-order valence-corrected chi connectivity index (χ3v) is 5.95. The number of rotatable bonds is 6. The molecular formula is C23H25N5OS. The quantitative estimate of drug-likeness (QED) is 0.597. The third kappa shape index (κ3) is 5.51. The Morgan fingerprint density at radius 1 is 1.27 bits per heavy atom. The molecule has 2 aromatic heterocycles. The fourth-order valence-corrected chi connectivity index (χ4v) is 4.34. The molecule has 0 unspecified atom stereocenters. The van der Waals surface area contributed by atoms with E-state index >= 15 is 0 Å². The zero-order chi connectivity index (χ0) is 20.8. The van der Waals surface area contributed by atoms with Gasteiger partial charge in [0.05, 0.1) is 0 Å². The van der Waals surface area contributed by atoms with Crippen LogP contribution < -0.4 is 5.32 Å². The summed E-state index contributed by atoms with van der Waals surface area (Å²) in [5, 5.41) is 4.07. The number of amides is 1. The number of likely N-dealkylation sites (tertiary alicyclic amines) is 1. The highest BCUT2D eigenvalue weighted by Crippen LogP contribution is 2.23. The summed E-state index contributed by atoms with van der Waals surface area (Å²) in [6.45, 7) is 3.60. The molecule has 30 heavy (non-hydrogen) atoms. The Balaban J connectivity index is 1.35. The van der Waals surface area contributed by atoms with E-state index in [2.05, 4.69) is 20.3 Å². The van der Waals surface area contributed by atoms with Crippen molar-refractivity contribution in [2.24, 2.45) is 5.92 Å². The number of nitrogens with one attached hydrogen (secondary N) is 1. The Morgan fingerprint density at radius 2 is 2.13 bits per heavy atom. The molecular weight excluding hydrogens is 394 g/mol. The van der Waals surface area contributed by atoms with Gasteiger partial charge in [-0.2, -0.15) is 0 Å². The highest BCUT2D eigenvalue weighted by atomic mass is 32.1. The maximum Gasteiger partial charge on any atom is 0.246 e. The fourth-order valence-electron chi connectivity index (χ4n) is 3.66. The first kappa shape index (κ1) is 20.2. The molecule has 0 aliphatic carbocycles. The number of carbonyl (C=O) groups excluding carboxylic acids is 1. The van der Waals surface area contributed by atoms with Crippen LogP contribution in [0.5, 0.6) is 0 Å². The summed E-state index contributed by atoms with van der Waals surface area (Å²) in [4.78, 5) is 28.8. The number of carbonyl (C=O) groups is 1. The summed E-state index contributed by atoms with van der Waals surface area (Å²) in [6, 6.07) is 11.9. The fraction of sp³-hybridized carbons (Fsp3) is 0.304. The van der Waals surface area contributed by atoms with Crippen LogP contribution in [0, 0.1) is 12.8 Å². The number of hydrogen-bond donors (Lipinski definition) is 1. The molecule has 1 aliphatic rings. The minimum absolute atomic E-state index is 0.0766. The molecule has 4 rings (SSSR count). The lowest BCUT2D eigenvalue weighted by atomic mass is 9.93. The summed E-state index contributed by atoms with van der Waals surface area (Å²) in [6.07, 6.45) is 9.95. The number of benzene rings is 1. The SMILES string of the molecule is Cc1cnc(Nc2cc(C[C@H]3CCCN(C(=O)/C=C/c4ccccc4)C3)ncn2)s1. The minimum atomic E-state index is 0.0766. The van der Waals surface area contributed by atoms with Gasteiger partial charge in [0.15, 0.2) is 5.13 Å². The molecule has 0 radical (unpaired) electrons. The normalized spacial score (nSPS) is 16.7. The number of anilines is 2. The van der Waals surface area contributed by atoms with Gasteiger partial charge in [0.1, 0.15) is 12.1 Å². The largest absolute Gasteiger partial charge is 0.339 e. The van der Waals surface area contributed by atoms with E-state index < -0.39 is 0 Å². The minimum Gasteiger partial charge on any atom is -0.339 e. The van der Waals surface area contributed by atoms with E-state index in [1.807, 2.05) is 60.5 Å². The van der Waals surface area contributed by atoms with Gasteiger partial charge in [0, 0.05) is 42.0 Å². The zero-order valence-electron chi connectivity index (χ0n) is 17.0. The maximum atomic E-state index is 12.6. The Hall–Kier alpha value is -3.06. The smallest absolute Gasteiger partial charge is 0.246 e. The molecule has 6 nitrogen and oxygen atoms in total. The van der Waals surface area contributed by atoms with E-state index in [0.717, 1.165) is 59.4 Å². The van der Waals surface area contributed by atoms with Crippen LogP contribution in [0.1, 0.15) is 29.0 Å². The van der Waals surface area contributed by atoms with Crippen LogP contribution >= 0.6 is 11.3 Å². The van der Waals surface area contributed by atoms with Crippen molar-refractivity contribution in [3.05, 3.63) is 71.1 Å². The van der Waals surface area contributed by atoms with Gasteiger partial charge in [-0.1, -0.05) is 30.3 Å². The average molecular weight is 420 g/mol. The van der Waals surface area contributed by atoms with Gasteiger partial charge in [-0.3, -0.25) is 4.79 Å². The molecule has 3 heterocycles. The molecule has 1 N–H and O–H groups in total. The molecule has 154 valence electrons. The lowest BCUT2D eigenvalue weighted by Gasteiger charge is -2.32. The predicted octanol–water partition coefficient (Wildman–Crippen LogP) is 4.48. The Labute approximate surface area is 180 Å². The molecule has 3 aromatic rings. The van der Waals surface area contributed by atoms with Gasteiger partial charge in [0.2, 0.25) is 5.91 Å². The molecule has 0 bridgehead atoms. The van der Waals surface area contributed by atoms with Crippen LogP contribution in [-0.2, 0) is 11.2 Å². The van der Waals surface area contributed by atoms with Crippen molar-refractivity contribution < 1.29 is 4.79 Å². The van der Waals surface area contributed by atoms with Crippen LogP contribution in [0.25, 0.3) is 6.08 Å². The number of aromatic nitrogens is 3. The summed E-state index contributed by atoms with van der Waals surface area (Å²) in [5.41, 5.74) is 2.02. The summed E-state index contributed by atoms with van der Waals surface area (Å²) in [7, 11) is 0. The van der Waals surface area contributed by atoms with E-state index in [1.165, 1.54) is 0 Å². The topological polar surface area (TPSA) is 71.0 Å². The Bertz CT molecular complexity index is 1020. The van der Waals surface area contributed by atoms with Gasteiger partial charge >= 0.3 is 0 Å². The van der Waals surface area contributed by atoms with E-state index in [0.29, 0.717) is 5.92 Å². The van der Waals surface area contributed by atoms with Crippen LogP contribution in [0.2, 0.25) is 0 Å². The van der Waals surface area contributed by atoms with Crippen LogP contribution in [0.15, 0.2) is 55.0 Å². The molecule has 1 atom stereocenters. The van der Waals surface area contributed by atoms with Gasteiger partial charge in [-0.25, -0.2) is 15.0 Å². The first-order valence-corrected chi connectivity index (χ1v) is 11.0. The maximum absolute atomic E-state index is 12.6. The van der Waals surface area contributed by atoms with Crippen molar-refractivity contribution in [1.82, 2.24) is 19.9 Å². The molecule has 1 aromatic carbocycles. The molecule has 1 saturated heterocycles. The van der Waals surface area contributed by atoms with Crippen molar-refractivity contribution in [3.63, 3.8) is 0 Å². The molecule has 1 aliphatic heterocycles. The molecule has 1 amide bonds. The van der Waals surface area contributed by atoms with Crippen molar-refractivity contribution in [1.29, 1.82) is 0 Å². The second-order valence-electron chi connectivity index (χ2n) is 7.54. The number of thiazole rings is 1. The number of piperidine rings is 1. The van der Waals surface area contributed by atoms with Crippen molar-refractivity contribution in [2.75, 3.05) is 18.4 Å². The van der Waals surface area contributed by atoms with Crippen LogP contribution in [-0.4, -0.2) is 38.8 Å². The predicted molar refractivity (Wildman–Crippen MR) is 121 cm³/mol. The monoisotopic (exact) mass is 419 g/mol. The van der Waals surface area contributed by atoms with Gasteiger partial charge < -0.3 is 10.2 Å². The van der Waals surface area contributed by atoms with E-state index in [9.17, 15) is 4.79 Å². The molecule has 0 saturated carbocycles. The summed E-state index contributed by atoms with van der Waals surface area (Å²) < 4.78 is 0. The molecule has 7 heteroatoms. The standard InChI is InChI=1S/C23H25N5OS/c1-17-14-24-23(30-17)27-21-13-20(25-16-26-21)12-19-8-5-11-28(15-19)22(29)10-9-18-6-3-2-4-7-18/h2-4,6-7,9-10,13-14,16,19H,5,8,11-12,15H2,1H3,(H,24,25,26,27)/b10-9+/t19-/m1/s1. The highest BCUT2D eigenvalue weighted by Gasteiger charge is 2.23. The second-order valence-corrected chi connectivity index (χ2v) is 8.77.